The molecule has 1 aromatic carbocycles. The molecule has 2 aromatic rings. The summed E-state index contributed by atoms with van der Waals surface area (Å²) in [7, 11) is -2.42. The molecular weight excluding hydrogens is 415 g/mol. The van der Waals surface area contributed by atoms with E-state index in [0.717, 1.165) is 16.7 Å². The smallest absolute Gasteiger partial charge is 0.275 e. The van der Waals surface area contributed by atoms with Gasteiger partial charge in [-0.3, -0.25) is 14.3 Å². The molecular formula is C19H23FN4O5S. The standard InChI is InChI=1S/C19H23FN4O5S/c1-21-9-3-6-15(13-25)22-18(26)12-24-10-4-8-17(19(24)27)23-30(28,29)16-7-2-5-14(20)11-16/h2,4-5,7-8,10-11,13,15,21,23H,3,6,9,12H2,1H3,(H,22,26)/t15-/m0/s1. The van der Waals surface area contributed by atoms with E-state index in [1.165, 1.54) is 30.5 Å². The maximum Gasteiger partial charge on any atom is 0.275 e. The van der Waals surface area contributed by atoms with Gasteiger partial charge in [-0.05, 0) is 56.8 Å². The van der Waals surface area contributed by atoms with E-state index >= 15 is 0 Å². The van der Waals surface area contributed by atoms with Gasteiger partial charge in [-0.1, -0.05) is 6.07 Å². The summed E-state index contributed by atoms with van der Waals surface area (Å²) >= 11 is 0. The van der Waals surface area contributed by atoms with Crippen LogP contribution in [0.3, 0.4) is 0 Å². The average molecular weight is 438 g/mol. The third-order valence-electron chi connectivity index (χ3n) is 4.14. The molecule has 1 amide bonds. The first-order valence-corrected chi connectivity index (χ1v) is 10.6. The summed E-state index contributed by atoms with van der Waals surface area (Å²) in [5, 5.41) is 5.46. The normalized spacial score (nSPS) is 12.2. The number of aromatic nitrogens is 1. The van der Waals surface area contributed by atoms with Gasteiger partial charge >= 0.3 is 0 Å². The second kappa shape index (κ2) is 10.6. The van der Waals surface area contributed by atoms with Crippen molar-refractivity contribution in [1.82, 2.24) is 15.2 Å². The van der Waals surface area contributed by atoms with Crippen molar-refractivity contribution < 1.29 is 22.4 Å². The van der Waals surface area contributed by atoms with E-state index < -0.39 is 39.9 Å². The predicted molar refractivity (Wildman–Crippen MR) is 109 cm³/mol. The third-order valence-corrected chi connectivity index (χ3v) is 5.50. The first-order chi connectivity index (χ1) is 14.3. The molecule has 0 fully saturated rings. The minimum absolute atomic E-state index is 0.296. The monoisotopic (exact) mass is 438 g/mol. The molecule has 3 N–H and O–H groups in total. The molecule has 0 aliphatic carbocycles. The van der Waals surface area contributed by atoms with Gasteiger partial charge in [-0.2, -0.15) is 0 Å². The molecule has 0 saturated heterocycles. The topological polar surface area (TPSA) is 126 Å². The summed E-state index contributed by atoms with van der Waals surface area (Å²) in [6.45, 7) is 0.290. The van der Waals surface area contributed by atoms with Crippen molar-refractivity contribution in [2.24, 2.45) is 0 Å². The lowest BCUT2D eigenvalue weighted by molar-refractivity contribution is -0.124. The number of amides is 1. The van der Waals surface area contributed by atoms with E-state index in [1.54, 1.807) is 7.05 Å². The van der Waals surface area contributed by atoms with Gasteiger partial charge < -0.3 is 20.0 Å². The molecule has 1 heterocycles. The fourth-order valence-electron chi connectivity index (χ4n) is 2.66. The number of anilines is 1. The summed E-state index contributed by atoms with van der Waals surface area (Å²) in [5.74, 6) is -1.30. The lowest BCUT2D eigenvalue weighted by Crippen LogP contribution is -2.40. The van der Waals surface area contributed by atoms with Crippen LogP contribution < -0.4 is 20.9 Å². The number of halogens is 1. The van der Waals surface area contributed by atoms with Crippen LogP contribution >= 0.6 is 0 Å². The van der Waals surface area contributed by atoms with Crippen molar-refractivity contribution in [2.75, 3.05) is 18.3 Å². The number of rotatable bonds is 11. The molecule has 0 radical (unpaired) electrons. The summed E-state index contributed by atoms with van der Waals surface area (Å²) in [6.07, 6.45) is 3.06. The Balaban J connectivity index is 2.12. The average Bonchev–Trinajstić information content (AvgIpc) is 2.70. The van der Waals surface area contributed by atoms with Crippen molar-refractivity contribution >= 4 is 27.9 Å². The zero-order valence-corrected chi connectivity index (χ0v) is 17.1. The zero-order valence-electron chi connectivity index (χ0n) is 16.3. The number of pyridine rings is 1. The Kier molecular flexibility index (Phi) is 8.25. The van der Waals surface area contributed by atoms with E-state index in [4.69, 9.17) is 0 Å². The Bertz CT molecular complexity index is 1050. The van der Waals surface area contributed by atoms with Crippen molar-refractivity contribution in [3.05, 3.63) is 58.8 Å². The molecule has 0 aliphatic heterocycles. The molecule has 0 unspecified atom stereocenters. The number of hydrogen-bond acceptors (Lipinski definition) is 6. The fraction of sp³-hybridized carbons (Fsp3) is 0.316. The molecule has 30 heavy (non-hydrogen) atoms. The number of carbonyl (C=O) groups is 2. The van der Waals surface area contributed by atoms with Gasteiger partial charge in [-0.25, -0.2) is 12.8 Å². The minimum Gasteiger partial charge on any atom is -0.345 e. The Hall–Kier alpha value is -3.05. The molecule has 0 spiro atoms. The fourth-order valence-corrected chi connectivity index (χ4v) is 3.75. The van der Waals surface area contributed by atoms with Crippen molar-refractivity contribution in [2.45, 2.75) is 30.3 Å². The van der Waals surface area contributed by atoms with Gasteiger partial charge in [0.2, 0.25) is 5.91 Å². The van der Waals surface area contributed by atoms with Gasteiger partial charge in [0.25, 0.3) is 15.6 Å². The number of aldehydes is 1. The lowest BCUT2D eigenvalue weighted by Gasteiger charge is -2.14. The quantitative estimate of drug-likeness (QED) is 0.346. The first-order valence-electron chi connectivity index (χ1n) is 9.14. The number of sulfonamides is 1. The zero-order chi connectivity index (χ0) is 22.1. The summed E-state index contributed by atoms with van der Waals surface area (Å²) in [4.78, 5) is 35.5. The van der Waals surface area contributed by atoms with Crippen LogP contribution in [0.5, 0.6) is 0 Å². The number of hydrogen-bond donors (Lipinski definition) is 3. The minimum atomic E-state index is -4.20. The van der Waals surface area contributed by atoms with Crippen LogP contribution in [0.15, 0.2) is 52.3 Å². The number of nitrogens with one attached hydrogen (secondary N) is 3. The van der Waals surface area contributed by atoms with Crippen LogP contribution in [-0.4, -0.2) is 44.8 Å². The maximum absolute atomic E-state index is 13.3. The number of carbonyl (C=O) groups excluding carboxylic acids is 2. The highest BCUT2D eigenvalue weighted by atomic mass is 32.2. The van der Waals surface area contributed by atoms with Crippen LogP contribution in [0.2, 0.25) is 0 Å². The highest BCUT2D eigenvalue weighted by Crippen LogP contribution is 2.14. The van der Waals surface area contributed by atoms with Gasteiger partial charge in [0.05, 0.1) is 10.9 Å². The van der Waals surface area contributed by atoms with E-state index in [0.29, 0.717) is 25.7 Å². The first kappa shape index (κ1) is 23.2. The largest absolute Gasteiger partial charge is 0.345 e. The van der Waals surface area contributed by atoms with E-state index in [-0.39, 0.29) is 10.6 Å². The SMILES string of the molecule is CNCCC[C@@H](C=O)NC(=O)Cn1cccc(NS(=O)(=O)c2cccc(F)c2)c1=O. The molecule has 1 atom stereocenters. The van der Waals surface area contributed by atoms with Gasteiger partial charge in [0.15, 0.2) is 0 Å². The highest BCUT2D eigenvalue weighted by molar-refractivity contribution is 7.92. The van der Waals surface area contributed by atoms with E-state index in [2.05, 4.69) is 15.4 Å². The van der Waals surface area contributed by atoms with Crippen LogP contribution in [0.25, 0.3) is 0 Å². The third kappa shape index (κ3) is 6.49. The molecule has 2 rings (SSSR count). The summed E-state index contributed by atoms with van der Waals surface area (Å²) in [6, 6.07) is 6.28. The summed E-state index contributed by atoms with van der Waals surface area (Å²) < 4.78 is 41.2. The Labute approximate surface area is 173 Å². The molecule has 9 nitrogen and oxygen atoms in total. The van der Waals surface area contributed by atoms with Crippen molar-refractivity contribution in [3.8, 4) is 0 Å². The molecule has 0 aliphatic rings. The molecule has 0 bridgehead atoms. The van der Waals surface area contributed by atoms with Gasteiger partial charge in [-0.15, -0.1) is 0 Å². The van der Waals surface area contributed by atoms with Crippen molar-refractivity contribution in [1.29, 1.82) is 0 Å². The number of nitrogens with zero attached hydrogens (tertiary/aromatic N) is 1. The number of benzene rings is 1. The van der Waals surface area contributed by atoms with Crippen LogP contribution in [0.4, 0.5) is 10.1 Å². The van der Waals surface area contributed by atoms with Crippen molar-refractivity contribution in [3.63, 3.8) is 0 Å². The summed E-state index contributed by atoms with van der Waals surface area (Å²) in [5.41, 5.74) is -1.05. The molecule has 11 heteroatoms. The molecule has 0 saturated carbocycles. The predicted octanol–water partition coefficient (Wildman–Crippen LogP) is 0.472. The molecule has 1 aromatic heterocycles. The maximum atomic E-state index is 13.3. The Morgan fingerprint density at radius 2 is 2.03 bits per heavy atom. The van der Waals surface area contributed by atoms with Crippen LogP contribution in [-0.2, 0) is 26.2 Å². The second-order valence-electron chi connectivity index (χ2n) is 6.47. The van der Waals surface area contributed by atoms with Gasteiger partial charge in [0.1, 0.15) is 24.3 Å². The highest BCUT2D eigenvalue weighted by Gasteiger charge is 2.18. The second-order valence-corrected chi connectivity index (χ2v) is 8.16. The van der Waals surface area contributed by atoms with Gasteiger partial charge in [0, 0.05) is 6.20 Å². The van der Waals surface area contributed by atoms with Crippen LogP contribution in [0, 0.1) is 5.82 Å². The molecule has 162 valence electrons. The Morgan fingerprint density at radius 1 is 1.27 bits per heavy atom. The lowest BCUT2D eigenvalue weighted by atomic mass is 10.2. The van der Waals surface area contributed by atoms with Crippen LogP contribution in [0.1, 0.15) is 12.8 Å². The Morgan fingerprint density at radius 3 is 2.70 bits per heavy atom. The van der Waals surface area contributed by atoms with E-state index in [9.17, 15) is 27.2 Å². The van der Waals surface area contributed by atoms with E-state index in [1.807, 2.05) is 0 Å².